The largest absolute Gasteiger partial charge is 0.478 e. The second kappa shape index (κ2) is 9.19. The van der Waals surface area contributed by atoms with Crippen LogP contribution in [0, 0.1) is 0 Å². The van der Waals surface area contributed by atoms with E-state index < -0.39 is 12.1 Å². The van der Waals surface area contributed by atoms with Gasteiger partial charge in [-0.1, -0.05) is 54.6 Å². The van der Waals surface area contributed by atoms with Crippen molar-refractivity contribution in [2.24, 2.45) is 0 Å². The van der Waals surface area contributed by atoms with Crippen molar-refractivity contribution < 1.29 is 19.4 Å². The van der Waals surface area contributed by atoms with E-state index in [0.717, 1.165) is 5.56 Å². The number of hydrogen-bond acceptors (Lipinski definition) is 3. The first-order valence-electron chi connectivity index (χ1n) is 8.72. The summed E-state index contributed by atoms with van der Waals surface area (Å²) >= 11 is 0. The van der Waals surface area contributed by atoms with E-state index in [1.54, 1.807) is 30.4 Å². The summed E-state index contributed by atoms with van der Waals surface area (Å²) in [4.78, 5) is 25.2. The standard InChI is InChI=1S/C23H19NO4/c25-22(26)19-11-7-9-18(17-19)10-8-16-28-23(27)24(20-12-3-1-4-13-20)21-14-5-2-6-15-21/h1-15,17H,16H2,(H,25,26)/b10-8-. The maximum absolute atomic E-state index is 12.7. The van der Waals surface area contributed by atoms with Crippen LogP contribution in [0.3, 0.4) is 0 Å². The molecular weight excluding hydrogens is 354 g/mol. The van der Waals surface area contributed by atoms with Gasteiger partial charge in [-0.3, -0.25) is 0 Å². The van der Waals surface area contributed by atoms with Crippen molar-refractivity contribution in [3.63, 3.8) is 0 Å². The van der Waals surface area contributed by atoms with E-state index in [4.69, 9.17) is 9.84 Å². The number of ether oxygens (including phenoxy) is 1. The summed E-state index contributed by atoms with van der Waals surface area (Å²) in [6.45, 7) is 0.0618. The maximum atomic E-state index is 12.7. The summed E-state index contributed by atoms with van der Waals surface area (Å²) in [7, 11) is 0. The summed E-state index contributed by atoms with van der Waals surface area (Å²) in [5.74, 6) is -0.983. The fourth-order valence-corrected chi connectivity index (χ4v) is 2.66. The van der Waals surface area contributed by atoms with Crippen LogP contribution in [0.15, 0.2) is 91.0 Å². The van der Waals surface area contributed by atoms with Crippen molar-refractivity contribution >= 4 is 29.5 Å². The predicted molar refractivity (Wildman–Crippen MR) is 109 cm³/mol. The monoisotopic (exact) mass is 373 g/mol. The van der Waals surface area contributed by atoms with Gasteiger partial charge in [-0.25, -0.2) is 14.5 Å². The number of nitrogens with zero attached hydrogens (tertiary/aromatic N) is 1. The molecule has 140 valence electrons. The molecule has 1 N–H and O–H groups in total. The summed E-state index contributed by atoms with van der Waals surface area (Å²) in [6.07, 6.45) is 2.89. The molecule has 3 aromatic carbocycles. The minimum Gasteiger partial charge on any atom is -0.478 e. The van der Waals surface area contributed by atoms with Crippen molar-refractivity contribution in [1.29, 1.82) is 0 Å². The Morgan fingerprint density at radius 3 is 2.04 bits per heavy atom. The number of carbonyl (C=O) groups is 2. The first-order valence-corrected chi connectivity index (χ1v) is 8.72. The van der Waals surface area contributed by atoms with Crippen LogP contribution >= 0.6 is 0 Å². The molecule has 28 heavy (non-hydrogen) atoms. The highest BCUT2D eigenvalue weighted by atomic mass is 16.6. The number of hydrogen-bond donors (Lipinski definition) is 1. The van der Waals surface area contributed by atoms with Crippen molar-refractivity contribution in [3.05, 3.63) is 102 Å². The van der Waals surface area contributed by atoms with Crippen LogP contribution < -0.4 is 4.90 Å². The Morgan fingerprint density at radius 2 is 1.46 bits per heavy atom. The molecule has 0 aliphatic carbocycles. The highest BCUT2D eigenvalue weighted by Crippen LogP contribution is 2.25. The second-order valence-electron chi connectivity index (χ2n) is 5.92. The van der Waals surface area contributed by atoms with E-state index in [1.165, 1.54) is 11.0 Å². The quantitative estimate of drug-likeness (QED) is 0.630. The van der Waals surface area contributed by atoms with Gasteiger partial charge < -0.3 is 9.84 Å². The van der Waals surface area contributed by atoms with Gasteiger partial charge in [0.15, 0.2) is 0 Å². The zero-order valence-electron chi connectivity index (χ0n) is 15.1. The van der Waals surface area contributed by atoms with Gasteiger partial charge in [0, 0.05) is 0 Å². The molecule has 3 aromatic rings. The molecule has 0 atom stereocenters. The van der Waals surface area contributed by atoms with Gasteiger partial charge in [-0.05, 0) is 48.0 Å². The minimum atomic E-state index is -0.983. The molecule has 0 spiro atoms. The van der Waals surface area contributed by atoms with Gasteiger partial charge in [0.1, 0.15) is 6.61 Å². The molecule has 0 saturated heterocycles. The van der Waals surface area contributed by atoms with Crippen LogP contribution in [0.5, 0.6) is 0 Å². The first kappa shape index (κ1) is 18.9. The Bertz CT molecular complexity index is 929. The molecule has 0 aliphatic rings. The lowest BCUT2D eigenvalue weighted by molar-refractivity contribution is 0.0696. The number of anilines is 2. The third-order valence-electron chi connectivity index (χ3n) is 3.96. The average molecular weight is 373 g/mol. The number of carboxylic acids is 1. The molecule has 0 aliphatic heterocycles. The van der Waals surface area contributed by atoms with Crippen LogP contribution in [0.25, 0.3) is 6.08 Å². The summed E-state index contributed by atoms with van der Waals surface area (Å²) in [6, 6.07) is 25.1. The zero-order chi connectivity index (χ0) is 19.8. The van der Waals surface area contributed by atoms with E-state index >= 15 is 0 Å². The Kier molecular flexibility index (Phi) is 6.21. The van der Waals surface area contributed by atoms with Gasteiger partial charge in [0.05, 0.1) is 16.9 Å². The number of benzene rings is 3. The van der Waals surface area contributed by atoms with E-state index in [0.29, 0.717) is 11.4 Å². The third kappa shape index (κ3) is 4.86. The van der Waals surface area contributed by atoms with Crippen molar-refractivity contribution in [1.82, 2.24) is 0 Å². The number of rotatable bonds is 6. The first-order chi connectivity index (χ1) is 13.6. The van der Waals surface area contributed by atoms with Gasteiger partial charge in [0.2, 0.25) is 0 Å². The van der Waals surface area contributed by atoms with Crippen LogP contribution in [-0.4, -0.2) is 23.8 Å². The molecule has 0 heterocycles. The van der Waals surface area contributed by atoms with Crippen molar-refractivity contribution in [2.45, 2.75) is 0 Å². The lowest BCUT2D eigenvalue weighted by Crippen LogP contribution is -2.26. The summed E-state index contributed by atoms with van der Waals surface area (Å²) < 4.78 is 5.40. The van der Waals surface area contributed by atoms with Crippen molar-refractivity contribution in [3.8, 4) is 0 Å². The number of aromatic carboxylic acids is 1. The van der Waals surface area contributed by atoms with E-state index in [-0.39, 0.29) is 12.2 Å². The highest BCUT2D eigenvalue weighted by Gasteiger charge is 2.18. The lowest BCUT2D eigenvalue weighted by Gasteiger charge is -2.22. The molecule has 0 saturated carbocycles. The Morgan fingerprint density at radius 1 is 0.857 bits per heavy atom. The zero-order valence-corrected chi connectivity index (χ0v) is 15.1. The third-order valence-corrected chi connectivity index (χ3v) is 3.96. The molecule has 0 radical (unpaired) electrons. The fourth-order valence-electron chi connectivity index (χ4n) is 2.66. The Balaban J connectivity index is 1.69. The maximum Gasteiger partial charge on any atom is 0.419 e. The summed E-state index contributed by atoms with van der Waals surface area (Å²) in [5, 5.41) is 9.03. The number of carboxylic acid groups (broad SMARTS) is 1. The average Bonchev–Trinajstić information content (AvgIpc) is 2.73. The van der Waals surface area contributed by atoms with E-state index in [2.05, 4.69) is 0 Å². The number of amides is 1. The normalized spacial score (nSPS) is 10.6. The Hall–Kier alpha value is -3.86. The number of para-hydroxylation sites is 2. The lowest BCUT2D eigenvalue weighted by atomic mass is 10.1. The second-order valence-corrected chi connectivity index (χ2v) is 5.92. The topological polar surface area (TPSA) is 66.8 Å². The predicted octanol–water partition coefficient (Wildman–Crippen LogP) is 5.37. The minimum absolute atomic E-state index is 0.0618. The molecule has 5 nitrogen and oxygen atoms in total. The van der Waals surface area contributed by atoms with Gasteiger partial charge >= 0.3 is 12.1 Å². The SMILES string of the molecule is O=C(O)c1cccc(/C=C\COC(=O)N(c2ccccc2)c2ccccc2)c1. The smallest absolute Gasteiger partial charge is 0.419 e. The van der Waals surface area contributed by atoms with Crippen molar-refractivity contribution in [2.75, 3.05) is 11.5 Å². The Labute approximate surface area is 163 Å². The van der Waals surface area contributed by atoms with E-state index in [1.807, 2.05) is 60.7 Å². The fraction of sp³-hybridized carbons (Fsp3) is 0.0435. The van der Waals surface area contributed by atoms with Gasteiger partial charge in [-0.2, -0.15) is 0 Å². The number of carbonyl (C=O) groups excluding carboxylic acids is 1. The van der Waals surface area contributed by atoms with Crippen LogP contribution in [-0.2, 0) is 4.74 Å². The molecule has 5 heteroatoms. The molecule has 1 amide bonds. The molecule has 0 unspecified atom stereocenters. The highest BCUT2D eigenvalue weighted by molar-refractivity contribution is 5.96. The summed E-state index contributed by atoms with van der Waals surface area (Å²) in [5.41, 5.74) is 2.34. The van der Waals surface area contributed by atoms with E-state index in [9.17, 15) is 9.59 Å². The van der Waals surface area contributed by atoms with Crippen LogP contribution in [0.4, 0.5) is 16.2 Å². The van der Waals surface area contributed by atoms with Crippen LogP contribution in [0.1, 0.15) is 15.9 Å². The molecule has 0 aromatic heterocycles. The van der Waals surface area contributed by atoms with Gasteiger partial charge in [0.25, 0.3) is 0 Å². The molecule has 0 bridgehead atoms. The van der Waals surface area contributed by atoms with Gasteiger partial charge in [-0.15, -0.1) is 0 Å². The molecular formula is C23H19NO4. The molecule has 3 rings (SSSR count). The molecule has 0 fully saturated rings. The van der Waals surface area contributed by atoms with Crippen LogP contribution in [0.2, 0.25) is 0 Å².